The molecule has 0 bridgehead atoms. The van der Waals surface area contributed by atoms with Crippen LogP contribution in [0.2, 0.25) is 0 Å². The second kappa shape index (κ2) is 7.69. The van der Waals surface area contributed by atoms with Crippen molar-refractivity contribution in [2.24, 2.45) is 0 Å². The number of benzene rings is 2. The molecule has 0 atom stereocenters. The summed E-state index contributed by atoms with van der Waals surface area (Å²) < 4.78 is 0. The van der Waals surface area contributed by atoms with Gasteiger partial charge in [-0.2, -0.15) is 0 Å². The van der Waals surface area contributed by atoms with Gasteiger partial charge in [0.05, 0.1) is 0 Å². The van der Waals surface area contributed by atoms with E-state index in [-0.39, 0.29) is 11.6 Å². The Bertz CT molecular complexity index is 561. The highest BCUT2D eigenvalue weighted by Gasteiger charge is 2.28. The molecule has 3 rings (SSSR count). The van der Waals surface area contributed by atoms with Crippen molar-refractivity contribution in [3.8, 4) is 0 Å². The summed E-state index contributed by atoms with van der Waals surface area (Å²) in [5, 5.41) is 0. The van der Waals surface area contributed by atoms with Crippen molar-refractivity contribution in [3.63, 3.8) is 0 Å². The molecule has 1 aliphatic rings. The molecule has 0 heterocycles. The molecular weight excluding hydrogens is 272 g/mol. The molecule has 22 heavy (non-hydrogen) atoms. The predicted octanol–water partition coefficient (Wildman–Crippen LogP) is 5.05. The third-order valence-electron chi connectivity index (χ3n) is 3.79. The van der Waals surface area contributed by atoms with Crippen LogP contribution < -0.4 is 0 Å². The fraction of sp³-hybridized carbons (Fsp3) is 0.300. The van der Waals surface area contributed by atoms with Gasteiger partial charge in [-0.25, -0.2) is 0 Å². The van der Waals surface area contributed by atoms with E-state index in [4.69, 9.17) is 0 Å². The van der Waals surface area contributed by atoms with Crippen molar-refractivity contribution in [2.75, 3.05) is 0 Å². The van der Waals surface area contributed by atoms with Gasteiger partial charge in [0, 0.05) is 22.3 Å². The number of hydrogen-bond donors (Lipinski definition) is 0. The molecule has 0 aliphatic heterocycles. The summed E-state index contributed by atoms with van der Waals surface area (Å²) in [6.07, 6.45) is 5.54. The van der Waals surface area contributed by atoms with Crippen LogP contribution in [0.15, 0.2) is 48.5 Å². The van der Waals surface area contributed by atoms with Gasteiger partial charge < -0.3 is 0 Å². The number of hydrogen-bond acceptors (Lipinski definition) is 2. The van der Waals surface area contributed by atoms with E-state index in [1.54, 1.807) is 48.5 Å². The van der Waals surface area contributed by atoms with Crippen LogP contribution in [0.1, 0.15) is 71.4 Å². The second-order valence-electron chi connectivity index (χ2n) is 5.46. The molecule has 0 radical (unpaired) electrons. The average molecular weight is 294 g/mol. The quantitative estimate of drug-likeness (QED) is 0.633. The largest absolute Gasteiger partial charge is 0.289 e. The Hall–Kier alpha value is -2.22. The van der Waals surface area contributed by atoms with E-state index in [1.807, 2.05) is 0 Å². The van der Waals surface area contributed by atoms with Gasteiger partial charge in [-0.15, -0.1) is 0 Å². The van der Waals surface area contributed by atoms with Crippen LogP contribution in [0, 0.1) is 0 Å². The van der Waals surface area contributed by atoms with E-state index in [2.05, 4.69) is 13.8 Å². The van der Waals surface area contributed by atoms with E-state index in [0.717, 1.165) is 0 Å². The van der Waals surface area contributed by atoms with Crippen molar-refractivity contribution in [1.29, 1.82) is 0 Å². The van der Waals surface area contributed by atoms with Crippen molar-refractivity contribution in [1.82, 2.24) is 0 Å². The highest BCUT2D eigenvalue weighted by atomic mass is 16.1. The summed E-state index contributed by atoms with van der Waals surface area (Å²) >= 11 is 0. The number of rotatable bonds is 3. The Morgan fingerprint density at radius 1 is 0.591 bits per heavy atom. The maximum Gasteiger partial charge on any atom is 0.194 e. The Labute approximate surface area is 132 Å². The molecule has 0 unspecified atom stereocenters. The molecule has 0 saturated heterocycles. The number of carbonyl (C=O) groups is 2. The van der Waals surface area contributed by atoms with Gasteiger partial charge in [0.15, 0.2) is 11.6 Å². The van der Waals surface area contributed by atoms with Gasteiger partial charge in [-0.1, -0.05) is 88.1 Å². The first-order valence-corrected chi connectivity index (χ1v) is 7.98. The zero-order valence-corrected chi connectivity index (χ0v) is 13.3. The molecule has 2 aromatic rings. The van der Waals surface area contributed by atoms with Gasteiger partial charge in [0.2, 0.25) is 0 Å². The molecule has 0 amide bonds. The lowest BCUT2D eigenvalue weighted by Crippen LogP contribution is -2.20. The molecule has 1 aliphatic carbocycles. The molecule has 0 saturated carbocycles. The first-order chi connectivity index (χ1) is 10.7. The smallest absolute Gasteiger partial charge is 0.194 e. The van der Waals surface area contributed by atoms with Crippen LogP contribution in [-0.2, 0) is 0 Å². The van der Waals surface area contributed by atoms with Gasteiger partial charge in [-0.3, -0.25) is 9.59 Å². The molecule has 114 valence electrons. The molecule has 0 N–H and O–H groups in total. The minimum Gasteiger partial charge on any atom is -0.289 e. The normalized spacial score (nSPS) is 12.1. The second-order valence-corrected chi connectivity index (χ2v) is 5.46. The van der Waals surface area contributed by atoms with Crippen LogP contribution in [-0.4, -0.2) is 11.6 Å². The van der Waals surface area contributed by atoms with Crippen LogP contribution in [0.5, 0.6) is 0 Å². The molecule has 0 spiro atoms. The van der Waals surface area contributed by atoms with E-state index >= 15 is 0 Å². The van der Waals surface area contributed by atoms with Gasteiger partial charge >= 0.3 is 0 Å². The van der Waals surface area contributed by atoms with Gasteiger partial charge in [0.25, 0.3) is 0 Å². The SMILES string of the molecule is CCCCCC.O=C1c2ccccc2C(=O)c2ccccc21. The number of ketones is 2. The van der Waals surface area contributed by atoms with Crippen molar-refractivity contribution in [3.05, 3.63) is 70.8 Å². The third kappa shape index (κ3) is 3.33. The number of unbranched alkanes of at least 4 members (excludes halogenated alkanes) is 3. The summed E-state index contributed by atoms with van der Waals surface area (Å²) in [6.45, 7) is 4.46. The van der Waals surface area contributed by atoms with E-state index < -0.39 is 0 Å². The topological polar surface area (TPSA) is 34.1 Å². The average Bonchev–Trinajstić information content (AvgIpc) is 2.58. The van der Waals surface area contributed by atoms with Crippen molar-refractivity contribution < 1.29 is 9.59 Å². The zero-order valence-electron chi connectivity index (χ0n) is 13.3. The third-order valence-corrected chi connectivity index (χ3v) is 3.79. The minimum absolute atomic E-state index is 0.0641. The van der Waals surface area contributed by atoms with Crippen LogP contribution in [0.4, 0.5) is 0 Å². The Balaban J connectivity index is 0.000000254. The van der Waals surface area contributed by atoms with E-state index in [1.165, 1.54) is 25.7 Å². The van der Waals surface area contributed by atoms with Crippen LogP contribution in [0.3, 0.4) is 0 Å². The first-order valence-electron chi connectivity index (χ1n) is 7.98. The van der Waals surface area contributed by atoms with Crippen LogP contribution >= 0.6 is 0 Å². The monoisotopic (exact) mass is 294 g/mol. The maximum absolute atomic E-state index is 12.1. The lowest BCUT2D eigenvalue weighted by atomic mass is 9.84. The van der Waals surface area contributed by atoms with Crippen molar-refractivity contribution >= 4 is 11.6 Å². The van der Waals surface area contributed by atoms with E-state index in [9.17, 15) is 9.59 Å². The fourth-order valence-electron chi connectivity index (χ4n) is 2.55. The standard InChI is InChI=1S/C14H8O2.C6H14/c15-13-9-5-1-2-6-10(9)14(16)12-8-4-3-7-11(12)13;1-3-5-6-4-2/h1-8H;3-6H2,1-2H3. The Kier molecular flexibility index (Phi) is 5.65. The summed E-state index contributed by atoms with van der Waals surface area (Å²) in [5.41, 5.74) is 2.02. The fourth-order valence-corrected chi connectivity index (χ4v) is 2.55. The highest BCUT2D eigenvalue weighted by molar-refractivity contribution is 6.28. The lowest BCUT2D eigenvalue weighted by molar-refractivity contribution is 0.0979. The Morgan fingerprint density at radius 3 is 1.09 bits per heavy atom. The molecule has 0 fully saturated rings. The zero-order chi connectivity index (χ0) is 15.9. The van der Waals surface area contributed by atoms with Gasteiger partial charge in [-0.05, 0) is 0 Å². The Morgan fingerprint density at radius 2 is 0.864 bits per heavy atom. The van der Waals surface area contributed by atoms with E-state index in [0.29, 0.717) is 22.3 Å². The summed E-state index contributed by atoms with van der Waals surface area (Å²) in [6, 6.07) is 13.9. The molecular formula is C20H22O2. The predicted molar refractivity (Wildman–Crippen MR) is 89.6 cm³/mol. The molecule has 2 nitrogen and oxygen atoms in total. The summed E-state index contributed by atoms with van der Waals surface area (Å²) in [4.78, 5) is 24.2. The summed E-state index contributed by atoms with van der Waals surface area (Å²) in [5.74, 6) is -0.128. The highest BCUT2D eigenvalue weighted by Crippen LogP contribution is 2.26. The molecule has 2 heteroatoms. The number of carbonyl (C=O) groups excluding carboxylic acids is 2. The van der Waals surface area contributed by atoms with Crippen LogP contribution in [0.25, 0.3) is 0 Å². The maximum atomic E-state index is 12.1. The van der Waals surface area contributed by atoms with Crippen molar-refractivity contribution in [2.45, 2.75) is 39.5 Å². The molecule has 0 aromatic heterocycles. The number of fused-ring (bicyclic) bond motifs is 2. The first kappa shape index (κ1) is 16.2. The minimum atomic E-state index is -0.0641. The summed E-state index contributed by atoms with van der Waals surface area (Å²) in [7, 11) is 0. The van der Waals surface area contributed by atoms with Gasteiger partial charge in [0.1, 0.15) is 0 Å². The lowest BCUT2D eigenvalue weighted by Gasteiger charge is -2.16. The molecule has 2 aromatic carbocycles.